The number of morpholine rings is 1. The van der Waals surface area contributed by atoms with Crippen LogP contribution in [0.25, 0.3) is 31.6 Å². The smallest absolute Gasteiger partial charge is 0.269 e. The Morgan fingerprint density at radius 1 is 1.08 bits per heavy atom. The fourth-order valence-electron chi connectivity index (χ4n) is 3.12. The number of benzene rings is 1. The number of thiophene rings is 1. The lowest BCUT2D eigenvalue weighted by Crippen LogP contribution is -2.36. The molecular formula is C17H15N5O2S. The van der Waals surface area contributed by atoms with Gasteiger partial charge in [0, 0.05) is 13.1 Å². The third kappa shape index (κ3) is 2.58. The van der Waals surface area contributed by atoms with Crippen LogP contribution in [0.5, 0.6) is 0 Å². The first-order valence-electron chi connectivity index (χ1n) is 8.16. The number of ether oxygens (including phenoxy) is 1. The molecule has 0 amide bonds. The molecule has 1 N–H and O–H groups in total. The Hall–Kier alpha value is -2.42. The maximum Gasteiger partial charge on any atom is 0.269 e. The van der Waals surface area contributed by atoms with Crippen LogP contribution < -0.4 is 5.56 Å². The number of aromatic nitrogens is 4. The van der Waals surface area contributed by atoms with E-state index >= 15 is 0 Å². The zero-order chi connectivity index (χ0) is 16.8. The molecule has 1 saturated heterocycles. The topological polar surface area (TPSA) is 84.0 Å². The molecule has 1 aromatic carbocycles. The van der Waals surface area contributed by atoms with E-state index in [1.807, 2.05) is 24.3 Å². The zero-order valence-electron chi connectivity index (χ0n) is 13.4. The first kappa shape index (κ1) is 14.9. The normalized spacial score (nSPS) is 16.2. The van der Waals surface area contributed by atoms with E-state index < -0.39 is 0 Å². The Morgan fingerprint density at radius 3 is 2.64 bits per heavy atom. The molecule has 7 nitrogen and oxygen atoms in total. The van der Waals surface area contributed by atoms with Gasteiger partial charge in [-0.25, -0.2) is 15.0 Å². The van der Waals surface area contributed by atoms with Crippen LogP contribution in [0.15, 0.2) is 29.1 Å². The van der Waals surface area contributed by atoms with E-state index in [2.05, 4.69) is 14.9 Å². The van der Waals surface area contributed by atoms with Crippen LogP contribution in [0.2, 0.25) is 0 Å². The summed E-state index contributed by atoms with van der Waals surface area (Å²) in [5.74, 6) is 0.661. The maximum absolute atomic E-state index is 12.5. The van der Waals surface area contributed by atoms with Gasteiger partial charge in [-0.05, 0) is 12.1 Å². The molecule has 0 radical (unpaired) electrons. The third-order valence-corrected chi connectivity index (χ3v) is 5.43. The first-order chi connectivity index (χ1) is 12.3. The number of nitrogens with zero attached hydrogens (tertiary/aromatic N) is 4. The van der Waals surface area contributed by atoms with Crippen molar-refractivity contribution in [2.45, 2.75) is 6.54 Å². The summed E-state index contributed by atoms with van der Waals surface area (Å²) in [6.07, 6.45) is 0. The van der Waals surface area contributed by atoms with Crippen molar-refractivity contribution in [3.63, 3.8) is 0 Å². The molecule has 5 rings (SSSR count). The van der Waals surface area contributed by atoms with Gasteiger partial charge in [-0.2, -0.15) is 0 Å². The van der Waals surface area contributed by atoms with Gasteiger partial charge in [0.1, 0.15) is 26.4 Å². The van der Waals surface area contributed by atoms with Crippen molar-refractivity contribution in [3.8, 4) is 0 Å². The average Bonchev–Trinajstić information content (AvgIpc) is 2.99. The summed E-state index contributed by atoms with van der Waals surface area (Å²) >= 11 is 1.34. The van der Waals surface area contributed by atoms with Crippen molar-refractivity contribution >= 4 is 42.9 Å². The number of H-pyrrole nitrogens is 1. The van der Waals surface area contributed by atoms with Gasteiger partial charge in [0.25, 0.3) is 5.56 Å². The van der Waals surface area contributed by atoms with Crippen molar-refractivity contribution in [1.82, 2.24) is 24.8 Å². The molecule has 25 heavy (non-hydrogen) atoms. The zero-order valence-corrected chi connectivity index (χ0v) is 14.2. The van der Waals surface area contributed by atoms with Crippen LogP contribution in [0.1, 0.15) is 5.82 Å². The van der Waals surface area contributed by atoms with E-state index in [0.717, 1.165) is 29.0 Å². The van der Waals surface area contributed by atoms with Crippen LogP contribution in [0.4, 0.5) is 0 Å². The highest BCUT2D eigenvalue weighted by atomic mass is 32.1. The van der Waals surface area contributed by atoms with Gasteiger partial charge in [-0.1, -0.05) is 12.1 Å². The average molecular weight is 353 g/mol. The first-order valence-corrected chi connectivity index (χ1v) is 8.98. The van der Waals surface area contributed by atoms with Crippen LogP contribution in [-0.2, 0) is 11.3 Å². The van der Waals surface area contributed by atoms with Crippen LogP contribution in [-0.4, -0.2) is 51.1 Å². The van der Waals surface area contributed by atoms with E-state index in [-0.39, 0.29) is 5.56 Å². The molecule has 126 valence electrons. The van der Waals surface area contributed by atoms with Crippen molar-refractivity contribution < 1.29 is 4.74 Å². The molecule has 8 heteroatoms. The summed E-state index contributed by atoms with van der Waals surface area (Å²) in [5.41, 5.74) is 2.86. The second-order valence-corrected chi connectivity index (χ2v) is 7.05. The van der Waals surface area contributed by atoms with E-state index in [0.29, 0.717) is 41.3 Å². The Morgan fingerprint density at radius 2 is 1.84 bits per heavy atom. The molecule has 0 unspecified atom stereocenters. The summed E-state index contributed by atoms with van der Waals surface area (Å²) < 4.78 is 5.95. The minimum atomic E-state index is -0.123. The standard InChI is InChI=1S/C17H15N5O2S/c23-16-15-13(20-12(21-16)9-22-5-7-24-8-6-22)14-17(25-15)19-11-4-2-1-3-10(11)18-14/h1-4H,5-9H2,(H,20,21,23). The molecular weight excluding hydrogens is 338 g/mol. The Bertz CT molecular complexity index is 1150. The molecule has 0 atom stereocenters. The van der Waals surface area contributed by atoms with Crippen molar-refractivity contribution in [3.05, 3.63) is 40.4 Å². The Kier molecular flexibility index (Phi) is 3.47. The molecule has 0 bridgehead atoms. The SMILES string of the molecule is O=c1[nH]c(CN2CCOCC2)nc2c1sc1nc3ccccc3nc12. The van der Waals surface area contributed by atoms with Crippen molar-refractivity contribution in [2.24, 2.45) is 0 Å². The number of fused-ring (bicyclic) bond motifs is 4. The van der Waals surface area contributed by atoms with Crippen LogP contribution in [0, 0.1) is 0 Å². The quantitative estimate of drug-likeness (QED) is 0.593. The number of rotatable bonds is 2. The lowest BCUT2D eigenvalue weighted by molar-refractivity contribution is 0.0331. The van der Waals surface area contributed by atoms with Gasteiger partial charge in [-0.3, -0.25) is 9.69 Å². The molecule has 1 aliphatic heterocycles. The third-order valence-electron chi connectivity index (χ3n) is 4.36. The summed E-state index contributed by atoms with van der Waals surface area (Å²) in [7, 11) is 0. The Labute approximate surface area is 146 Å². The van der Waals surface area contributed by atoms with Gasteiger partial charge in [0.05, 0.1) is 30.8 Å². The monoisotopic (exact) mass is 353 g/mol. The minimum Gasteiger partial charge on any atom is -0.379 e. The summed E-state index contributed by atoms with van der Waals surface area (Å²) in [6, 6.07) is 7.71. The van der Waals surface area contributed by atoms with E-state index in [9.17, 15) is 4.79 Å². The molecule has 1 fully saturated rings. The van der Waals surface area contributed by atoms with Crippen LogP contribution in [0.3, 0.4) is 0 Å². The minimum absolute atomic E-state index is 0.123. The summed E-state index contributed by atoms with van der Waals surface area (Å²) in [6.45, 7) is 3.72. The molecule has 3 aromatic heterocycles. The van der Waals surface area contributed by atoms with Crippen molar-refractivity contribution in [1.29, 1.82) is 0 Å². The number of aromatic amines is 1. The lowest BCUT2D eigenvalue weighted by Gasteiger charge is -2.25. The van der Waals surface area contributed by atoms with Gasteiger partial charge in [0.15, 0.2) is 0 Å². The molecule has 0 spiro atoms. The van der Waals surface area contributed by atoms with Gasteiger partial charge in [-0.15, -0.1) is 11.3 Å². The maximum atomic E-state index is 12.5. The summed E-state index contributed by atoms with van der Waals surface area (Å²) in [5, 5.41) is 0. The number of hydrogen-bond donors (Lipinski definition) is 1. The lowest BCUT2D eigenvalue weighted by atomic mass is 10.3. The van der Waals surface area contributed by atoms with Gasteiger partial charge < -0.3 is 9.72 Å². The molecule has 4 heterocycles. The van der Waals surface area contributed by atoms with E-state index in [4.69, 9.17) is 14.7 Å². The van der Waals surface area contributed by atoms with E-state index in [1.54, 1.807) is 0 Å². The van der Waals surface area contributed by atoms with Crippen molar-refractivity contribution in [2.75, 3.05) is 26.3 Å². The summed E-state index contributed by atoms with van der Waals surface area (Å²) in [4.78, 5) is 32.4. The molecule has 1 aliphatic rings. The largest absolute Gasteiger partial charge is 0.379 e. The highest BCUT2D eigenvalue weighted by Crippen LogP contribution is 2.29. The number of hydrogen-bond acceptors (Lipinski definition) is 7. The fraction of sp³-hybridized carbons (Fsp3) is 0.294. The van der Waals surface area contributed by atoms with Gasteiger partial charge in [0.2, 0.25) is 0 Å². The predicted octanol–water partition coefficient (Wildman–Crippen LogP) is 1.91. The molecule has 4 aromatic rings. The Balaban J connectivity index is 1.67. The second-order valence-electron chi connectivity index (χ2n) is 6.05. The second kappa shape index (κ2) is 5.83. The fourth-order valence-corrected chi connectivity index (χ4v) is 4.08. The molecule has 0 saturated carbocycles. The molecule has 0 aliphatic carbocycles. The highest BCUT2D eigenvalue weighted by Gasteiger charge is 2.17. The highest BCUT2D eigenvalue weighted by molar-refractivity contribution is 7.25. The predicted molar refractivity (Wildman–Crippen MR) is 96.9 cm³/mol. The van der Waals surface area contributed by atoms with Crippen LogP contribution >= 0.6 is 11.3 Å². The number of para-hydroxylation sites is 2. The number of nitrogens with one attached hydrogen (secondary N) is 1. The van der Waals surface area contributed by atoms with Gasteiger partial charge >= 0.3 is 0 Å². The van der Waals surface area contributed by atoms with E-state index in [1.165, 1.54) is 11.3 Å².